The summed E-state index contributed by atoms with van der Waals surface area (Å²) >= 11 is 0. The molecule has 4 heteroatoms. The van der Waals surface area contributed by atoms with E-state index in [4.69, 9.17) is 4.42 Å². The number of benzene rings is 6. The van der Waals surface area contributed by atoms with Crippen LogP contribution >= 0.6 is 0 Å². The van der Waals surface area contributed by atoms with Crippen LogP contribution in [0, 0.1) is 0 Å². The molecule has 0 radical (unpaired) electrons. The first-order valence-corrected chi connectivity index (χ1v) is 17.7. The maximum absolute atomic E-state index is 6.28. The largest absolute Gasteiger partial charge is 0.456 e. The number of nitrogens with zero attached hydrogens (tertiary/aromatic N) is 3. The summed E-state index contributed by atoms with van der Waals surface area (Å²) < 4.78 is 6.28. The van der Waals surface area contributed by atoms with E-state index < -0.39 is 0 Å². The lowest BCUT2D eigenvalue weighted by Gasteiger charge is -2.24. The van der Waals surface area contributed by atoms with Gasteiger partial charge in [0, 0.05) is 65.5 Å². The van der Waals surface area contributed by atoms with Gasteiger partial charge >= 0.3 is 0 Å². The Kier molecular flexibility index (Phi) is 7.24. The van der Waals surface area contributed by atoms with Gasteiger partial charge in [0.15, 0.2) is 0 Å². The summed E-state index contributed by atoms with van der Waals surface area (Å²) in [6.07, 6.45) is 7.51. The van der Waals surface area contributed by atoms with Crippen molar-refractivity contribution in [3.63, 3.8) is 0 Å². The molecule has 0 N–H and O–H groups in total. The van der Waals surface area contributed by atoms with Crippen molar-refractivity contribution in [1.82, 2.24) is 9.97 Å². The Morgan fingerprint density at radius 3 is 1.85 bits per heavy atom. The maximum atomic E-state index is 6.28. The van der Waals surface area contributed by atoms with Gasteiger partial charge in [0.2, 0.25) is 0 Å². The Labute approximate surface area is 302 Å². The van der Waals surface area contributed by atoms with E-state index in [2.05, 4.69) is 148 Å². The number of pyridine rings is 2. The molecule has 3 aromatic heterocycles. The Bertz CT molecular complexity index is 2680. The van der Waals surface area contributed by atoms with Crippen LogP contribution in [0.1, 0.15) is 11.1 Å². The Morgan fingerprint density at radius 1 is 0.423 bits per heavy atom. The molecule has 0 atom stereocenters. The highest BCUT2D eigenvalue weighted by Gasteiger charge is 2.22. The molecule has 4 heterocycles. The molecular weight excluding hydrogens is 635 g/mol. The van der Waals surface area contributed by atoms with Gasteiger partial charge in [-0.25, -0.2) is 0 Å². The average Bonchev–Trinajstić information content (AvgIpc) is 3.52. The number of hydrogen-bond acceptors (Lipinski definition) is 4. The standard InChI is InChI=1S/C48H33N3O/c1-2-11-41(12-3-1)51-30-36-18-17-32(37-24-38(34-9-7-21-49-28-34)26-39(25-37)35-10-8-22-50-29-35)27-45(36)42-20-19-33(23-40(42)31-51)43-14-6-16-47-48(43)44-13-4-5-15-46(44)52-47/h1-29H,30-31H2. The lowest BCUT2D eigenvalue weighted by atomic mass is 9.89. The van der Waals surface area contributed by atoms with E-state index in [1.165, 1.54) is 44.6 Å². The minimum atomic E-state index is 0.793. The van der Waals surface area contributed by atoms with Gasteiger partial charge in [-0.15, -0.1) is 0 Å². The third-order valence-electron chi connectivity index (χ3n) is 10.3. The Morgan fingerprint density at radius 2 is 1.10 bits per heavy atom. The SMILES string of the molecule is c1ccc(N2Cc3cc(-c4cccc5oc6ccccc6c45)ccc3-c3cc(-c4cc(-c5cccnc5)cc(-c5cccnc5)c4)ccc3C2)cc1. The van der Waals surface area contributed by atoms with Gasteiger partial charge in [-0.2, -0.15) is 0 Å². The third-order valence-corrected chi connectivity index (χ3v) is 10.3. The van der Waals surface area contributed by atoms with Gasteiger partial charge in [0.05, 0.1) is 0 Å². The molecular formula is C48H33N3O. The van der Waals surface area contributed by atoms with Gasteiger partial charge in [-0.05, 0) is 122 Å². The van der Waals surface area contributed by atoms with Crippen molar-refractivity contribution in [3.05, 3.63) is 188 Å². The lowest BCUT2D eigenvalue weighted by Crippen LogP contribution is -2.20. The van der Waals surface area contributed by atoms with Crippen LogP contribution in [0.15, 0.2) is 181 Å². The third kappa shape index (κ3) is 5.33. The molecule has 4 nitrogen and oxygen atoms in total. The molecule has 0 fully saturated rings. The topological polar surface area (TPSA) is 42.2 Å². The molecule has 0 spiro atoms. The predicted molar refractivity (Wildman–Crippen MR) is 213 cm³/mol. The van der Waals surface area contributed by atoms with Crippen molar-refractivity contribution in [2.45, 2.75) is 13.1 Å². The smallest absolute Gasteiger partial charge is 0.136 e. The molecule has 1 aliphatic heterocycles. The van der Waals surface area contributed by atoms with Crippen LogP contribution in [-0.2, 0) is 13.1 Å². The molecule has 1 aliphatic rings. The van der Waals surface area contributed by atoms with Crippen molar-refractivity contribution in [1.29, 1.82) is 0 Å². The summed E-state index contributed by atoms with van der Waals surface area (Å²) in [5.41, 5.74) is 17.3. The fourth-order valence-electron chi connectivity index (χ4n) is 7.80. The molecule has 6 aromatic carbocycles. The van der Waals surface area contributed by atoms with Crippen molar-refractivity contribution in [3.8, 4) is 55.6 Å². The molecule has 0 amide bonds. The zero-order chi connectivity index (χ0) is 34.4. The molecule has 0 unspecified atom stereocenters. The quantitative estimate of drug-likeness (QED) is 0.183. The number of hydrogen-bond donors (Lipinski definition) is 0. The second-order valence-corrected chi connectivity index (χ2v) is 13.5. The highest BCUT2D eigenvalue weighted by atomic mass is 16.3. The van der Waals surface area contributed by atoms with E-state index in [-0.39, 0.29) is 0 Å². The van der Waals surface area contributed by atoms with Gasteiger partial charge in [0.25, 0.3) is 0 Å². The van der Waals surface area contributed by atoms with E-state index in [1.54, 1.807) is 0 Å². The minimum absolute atomic E-state index is 0.793. The Balaban J connectivity index is 1.15. The number of aromatic nitrogens is 2. The van der Waals surface area contributed by atoms with E-state index in [9.17, 15) is 0 Å². The summed E-state index contributed by atoms with van der Waals surface area (Å²) in [6.45, 7) is 1.60. The van der Waals surface area contributed by atoms with Gasteiger partial charge < -0.3 is 9.32 Å². The maximum Gasteiger partial charge on any atom is 0.136 e. The average molecular weight is 668 g/mol. The molecule has 0 saturated heterocycles. The number of para-hydroxylation sites is 2. The highest BCUT2D eigenvalue weighted by molar-refractivity contribution is 6.12. The summed E-state index contributed by atoms with van der Waals surface area (Å²) in [6, 6.07) is 54.5. The first-order chi connectivity index (χ1) is 25.7. The Hall–Kier alpha value is -6.78. The molecule has 0 saturated carbocycles. The zero-order valence-electron chi connectivity index (χ0n) is 28.4. The monoisotopic (exact) mass is 667 g/mol. The number of rotatable bonds is 5. The fraction of sp³-hybridized carbons (Fsp3) is 0.0417. The van der Waals surface area contributed by atoms with Crippen molar-refractivity contribution in [2.75, 3.05) is 4.90 Å². The van der Waals surface area contributed by atoms with Crippen LogP contribution in [0.3, 0.4) is 0 Å². The molecule has 246 valence electrons. The second-order valence-electron chi connectivity index (χ2n) is 13.5. The van der Waals surface area contributed by atoms with Gasteiger partial charge in [-0.1, -0.05) is 84.9 Å². The first kappa shape index (κ1) is 30.1. The van der Waals surface area contributed by atoms with Crippen LogP contribution in [-0.4, -0.2) is 9.97 Å². The van der Waals surface area contributed by atoms with Crippen LogP contribution in [0.4, 0.5) is 5.69 Å². The fourth-order valence-corrected chi connectivity index (χ4v) is 7.80. The number of furan rings is 1. The summed E-state index contributed by atoms with van der Waals surface area (Å²) in [4.78, 5) is 11.3. The van der Waals surface area contributed by atoms with Crippen LogP contribution < -0.4 is 4.90 Å². The lowest BCUT2D eigenvalue weighted by molar-refractivity contribution is 0.669. The van der Waals surface area contributed by atoms with Gasteiger partial charge in [-0.3, -0.25) is 9.97 Å². The number of anilines is 1. The molecule has 0 aliphatic carbocycles. The van der Waals surface area contributed by atoms with Crippen LogP contribution in [0.5, 0.6) is 0 Å². The number of fused-ring (bicyclic) bond motifs is 6. The minimum Gasteiger partial charge on any atom is -0.456 e. The van der Waals surface area contributed by atoms with Crippen LogP contribution in [0.25, 0.3) is 77.6 Å². The second kappa shape index (κ2) is 12.5. The molecule has 52 heavy (non-hydrogen) atoms. The van der Waals surface area contributed by atoms with Crippen molar-refractivity contribution >= 4 is 27.6 Å². The van der Waals surface area contributed by atoms with E-state index in [0.717, 1.165) is 62.8 Å². The summed E-state index contributed by atoms with van der Waals surface area (Å²) in [5, 5.41) is 2.30. The van der Waals surface area contributed by atoms with E-state index in [0.29, 0.717) is 0 Å². The van der Waals surface area contributed by atoms with Crippen LogP contribution in [0.2, 0.25) is 0 Å². The van der Waals surface area contributed by atoms with E-state index >= 15 is 0 Å². The first-order valence-electron chi connectivity index (χ1n) is 17.7. The van der Waals surface area contributed by atoms with Gasteiger partial charge in [0.1, 0.15) is 11.2 Å². The summed E-state index contributed by atoms with van der Waals surface area (Å²) in [5.74, 6) is 0. The predicted octanol–water partition coefficient (Wildman–Crippen LogP) is 12.2. The molecule has 10 rings (SSSR count). The van der Waals surface area contributed by atoms with Crippen molar-refractivity contribution in [2.24, 2.45) is 0 Å². The van der Waals surface area contributed by atoms with Crippen molar-refractivity contribution < 1.29 is 4.42 Å². The van der Waals surface area contributed by atoms with E-state index in [1.807, 2.05) is 43.0 Å². The normalized spacial score (nSPS) is 12.4. The zero-order valence-corrected chi connectivity index (χ0v) is 28.4. The molecule has 0 bridgehead atoms. The summed E-state index contributed by atoms with van der Waals surface area (Å²) in [7, 11) is 0. The molecule has 9 aromatic rings. The highest BCUT2D eigenvalue weighted by Crippen LogP contribution is 2.42.